The molecule has 0 aliphatic heterocycles. The first kappa shape index (κ1) is 16.5. The summed E-state index contributed by atoms with van der Waals surface area (Å²) in [6.45, 7) is 2.02. The summed E-state index contributed by atoms with van der Waals surface area (Å²) >= 11 is 0. The smallest absolute Gasteiger partial charge is 0.314 e. The van der Waals surface area contributed by atoms with Gasteiger partial charge in [-0.2, -0.15) is 0 Å². The Hall–Kier alpha value is -2.36. The van der Waals surface area contributed by atoms with Gasteiger partial charge in [0.25, 0.3) is 0 Å². The summed E-state index contributed by atoms with van der Waals surface area (Å²) in [7, 11) is 0. The van der Waals surface area contributed by atoms with Crippen LogP contribution >= 0.6 is 0 Å². The number of carboxylic acid groups (broad SMARTS) is 1. The molecule has 1 aliphatic carbocycles. The molecule has 0 spiro atoms. The van der Waals surface area contributed by atoms with Crippen molar-refractivity contribution in [2.45, 2.75) is 43.6 Å². The van der Waals surface area contributed by atoms with Gasteiger partial charge in [-0.1, -0.05) is 30.3 Å². The van der Waals surface area contributed by atoms with Crippen LogP contribution in [0.1, 0.15) is 38.2 Å². The molecular formula is C20H21FO3. The summed E-state index contributed by atoms with van der Waals surface area (Å²) in [5.74, 6) is -0.409. The van der Waals surface area contributed by atoms with Crippen molar-refractivity contribution >= 4 is 5.97 Å². The normalized spacial score (nSPS) is 26.8. The minimum Gasteiger partial charge on any atom is -0.488 e. The average molecular weight is 328 g/mol. The van der Waals surface area contributed by atoms with Gasteiger partial charge in [0.05, 0.1) is 5.41 Å². The van der Waals surface area contributed by atoms with E-state index in [1.54, 1.807) is 12.1 Å². The zero-order chi connectivity index (χ0) is 17.2. The predicted octanol–water partition coefficient (Wildman–Crippen LogP) is 4.56. The molecule has 0 radical (unpaired) electrons. The molecule has 0 amide bonds. The zero-order valence-electron chi connectivity index (χ0n) is 13.7. The fourth-order valence-electron chi connectivity index (χ4n) is 3.48. The molecule has 2 aromatic rings. The van der Waals surface area contributed by atoms with Gasteiger partial charge in [0.1, 0.15) is 17.2 Å². The van der Waals surface area contributed by atoms with E-state index in [2.05, 4.69) is 0 Å². The number of rotatable bonds is 4. The lowest BCUT2D eigenvalue weighted by atomic mass is 9.65. The lowest BCUT2D eigenvalue weighted by Gasteiger charge is -2.42. The molecule has 1 N–H and O–H groups in total. The maximum Gasteiger partial charge on any atom is 0.314 e. The van der Waals surface area contributed by atoms with Gasteiger partial charge in [0.2, 0.25) is 0 Å². The molecule has 0 aromatic heterocycles. The molecule has 1 fully saturated rings. The molecule has 0 unspecified atom stereocenters. The van der Waals surface area contributed by atoms with Gasteiger partial charge in [-0.15, -0.1) is 0 Å². The largest absolute Gasteiger partial charge is 0.488 e. The van der Waals surface area contributed by atoms with Gasteiger partial charge in [-0.25, -0.2) is 4.39 Å². The van der Waals surface area contributed by atoms with Gasteiger partial charge in [0, 0.05) is 0 Å². The molecule has 1 aliphatic rings. The number of carbonyl (C=O) groups is 1. The summed E-state index contributed by atoms with van der Waals surface area (Å²) in [6.07, 6.45) is 2.20. The van der Waals surface area contributed by atoms with Crippen LogP contribution in [0.3, 0.4) is 0 Å². The van der Waals surface area contributed by atoms with Crippen LogP contribution in [0, 0.1) is 5.82 Å². The third-order valence-corrected chi connectivity index (χ3v) is 5.07. The molecule has 1 saturated carbocycles. The third-order valence-electron chi connectivity index (χ3n) is 5.07. The van der Waals surface area contributed by atoms with Crippen molar-refractivity contribution in [3.05, 3.63) is 66.0 Å². The van der Waals surface area contributed by atoms with E-state index in [1.807, 2.05) is 37.3 Å². The molecule has 3 rings (SSSR count). The highest BCUT2D eigenvalue weighted by atomic mass is 19.1. The van der Waals surface area contributed by atoms with Crippen LogP contribution in [0.2, 0.25) is 0 Å². The molecule has 2 aromatic carbocycles. The first-order valence-electron chi connectivity index (χ1n) is 8.17. The van der Waals surface area contributed by atoms with Crippen LogP contribution in [0.25, 0.3) is 0 Å². The number of hydrogen-bond acceptors (Lipinski definition) is 2. The van der Waals surface area contributed by atoms with Crippen molar-refractivity contribution in [2.24, 2.45) is 0 Å². The van der Waals surface area contributed by atoms with E-state index in [9.17, 15) is 14.3 Å². The lowest BCUT2D eigenvalue weighted by molar-refractivity contribution is -0.147. The number of benzene rings is 2. The Balaban J connectivity index is 1.80. The van der Waals surface area contributed by atoms with Gasteiger partial charge in [0.15, 0.2) is 0 Å². The zero-order valence-corrected chi connectivity index (χ0v) is 13.7. The average Bonchev–Trinajstić information content (AvgIpc) is 2.57. The maximum absolute atomic E-state index is 13.2. The minimum absolute atomic E-state index is 0.354. The Labute approximate surface area is 141 Å². The van der Waals surface area contributed by atoms with Crippen LogP contribution in [-0.2, 0) is 10.2 Å². The number of aliphatic carboxylic acids is 1. The SMILES string of the molecule is C[C@]1(Oc2ccccc2)CC[C@@](C(=O)O)(c2ccc(F)cc2)CC1. The second kappa shape index (κ2) is 6.27. The first-order valence-corrected chi connectivity index (χ1v) is 8.17. The number of para-hydroxylation sites is 1. The fraction of sp³-hybridized carbons (Fsp3) is 0.350. The summed E-state index contributed by atoms with van der Waals surface area (Å²) in [4.78, 5) is 12.0. The highest BCUT2D eigenvalue weighted by Gasteiger charge is 2.47. The Kier molecular flexibility index (Phi) is 4.31. The molecule has 0 saturated heterocycles. The van der Waals surface area contributed by atoms with Gasteiger partial charge < -0.3 is 9.84 Å². The van der Waals surface area contributed by atoms with E-state index < -0.39 is 11.4 Å². The monoisotopic (exact) mass is 328 g/mol. The standard InChI is InChI=1S/C20H21FO3/c1-19(24-17-5-3-2-4-6-17)11-13-20(14-12-19,18(22)23)15-7-9-16(21)10-8-15/h2-10H,11-14H2,1H3,(H,22,23)/t19-,20-. The second-order valence-corrected chi connectivity index (χ2v) is 6.76. The van der Waals surface area contributed by atoms with Crippen molar-refractivity contribution in [3.63, 3.8) is 0 Å². The maximum atomic E-state index is 13.2. The van der Waals surface area contributed by atoms with Crippen molar-refractivity contribution in [2.75, 3.05) is 0 Å². The Bertz CT molecular complexity index is 701. The highest BCUT2D eigenvalue weighted by Crippen LogP contribution is 2.45. The first-order chi connectivity index (χ1) is 11.4. The fourth-order valence-corrected chi connectivity index (χ4v) is 3.48. The van der Waals surface area contributed by atoms with E-state index in [0.717, 1.165) is 5.75 Å². The molecule has 3 nitrogen and oxygen atoms in total. The van der Waals surface area contributed by atoms with Crippen molar-refractivity contribution in [1.82, 2.24) is 0 Å². The minimum atomic E-state index is -0.965. The van der Waals surface area contributed by atoms with Crippen LogP contribution in [0.5, 0.6) is 5.75 Å². The number of hydrogen-bond donors (Lipinski definition) is 1. The predicted molar refractivity (Wildman–Crippen MR) is 89.7 cm³/mol. The van der Waals surface area contributed by atoms with Crippen LogP contribution in [0.4, 0.5) is 4.39 Å². The van der Waals surface area contributed by atoms with E-state index in [4.69, 9.17) is 4.74 Å². The molecule has 24 heavy (non-hydrogen) atoms. The summed E-state index contributed by atoms with van der Waals surface area (Å²) in [6, 6.07) is 15.4. The Morgan fingerprint density at radius 3 is 2.12 bits per heavy atom. The second-order valence-electron chi connectivity index (χ2n) is 6.76. The topological polar surface area (TPSA) is 46.5 Å². The van der Waals surface area contributed by atoms with E-state index in [-0.39, 0.29) is 11.4 Å². The Morgan fingerprint density at radius 1 is 1.00 bits per heavy atom. The number of carboxylic acids is 1. The molecule has 0 bridgehead atoms. The quantitative estimate of drug-likeness (QED) is 0.895. The van der Waals surface area contributed by atoms with E-state index in [0.29, 0.717) is 31.2 Å². The van der Waals surface area contributed by atoms with Gasteiger partial charge >= 0.3 is 5.97 Å². The molecule has 0 heterocycles. The lowest BCUT2D eigenvalue weighted by Crippen LogP contribution is -2.47. The Morgan fingerprint density at radius 2 is 1.58 bits per heavy atom. The molecule has 126 valence electrons. The van der Waals surface area contributed by atoms with Crippen molar-refractivity contribution in [1.29, 1.82) is 0 Å². The van der Waals surface area contributed by atoms with Gasteiger partial charge in [-0.05, 0) is 62.4 Å². The van der Waals surface area contributed by atoms with Crippen LogP contribution in [0.15, 0.2) is 54.6 Å². The highest BCUT2D eigenvalue weighted by molar-refractivity contribution is 5.81. The third kappa shape index (κ3) is 3.14. The van der Waals surface area contributed by atoms with E-state index >= 15 is 0 Å². The summed E-state index contributed by atoms with van der Waals surface area (Å²) in [5, 5.41) is 9.84. The molecule has 4 heteroatoms. The number of ether oxygens (including phenoxy) is 1. The van der Waals surface area contributed by atoms with Crippen LogP contribution in [-0.4, -0.2) is 16.7 Å². The molecule has 0 atom stereocenters. The molecular weight excluding hydrogens is 307 g/mol. The summed E-state index contributed by atoms with van der Waals surface area (Å²) in [5.41, 5.74) is -0.689. The number of halogens is 1. The van der Waals surface area contributed by atoms with Crippen LogP contribution < -0.4 is 4.74 Å². The summed E-state index contributed by atoms with van der Waals surface area (Å²) < 4.78 is 19.3. The van der Waals surface area contributed by atoms with Gasteiger partial charge in [-0.3, -0.25) is 4.79 Å². The van der Waals surface area contributed by atoms with E-state index in [1.165, 1.54) is 12.1 Å². The van der Waals surface area contributed by atoms with Crippen molar-refractivity contribution < 1.29 is 19.0 Å². The van der Waals surface area contributed by atoms with Crippen molar-refractivity contribution in [3.8, 4) is 5.75 Å².